The van der Waals surface area contributed by atoms with Crippen molar-refractivity contribution in [2.24, 2.45) is 10.9 Å². The quantitative estimate of drug-likeness (QED) is 0.639. The lowest BCUT2D eigenvalue weighted by molar-refractivity contribution is 0.278. The second-order valence-corrected chi connectivity index (χ2v) is 8.08. The Morgan fingerprint density at radius 3 is 2.68 bits per heavy atom. The van der Waals surface area contributed by atoms with Crippen LogP contribution in [0.4, 0.5) is 0 Å². The molecule has 6 nitrogen and oxygen atoms in total. The number of hydrogen-bond acceptors (Lipinski definition) is 5. The van der Waals surface area contributed by atoms with Crippen LogP contribution in [0, 0.1) is 5.92 Å². The van der Waals surface area contributed by atoms with E-state index < -0.39 is 0 Å². The highest BCUT2D eigenvalue weighted by Crippen LogP contribution is 2.31. The Bertz CT molecular complexity index is 1190. The molecular formula is C25H26N6. The lowest BCUT2D eigenvalue weighted by Crippen LogP contribution is -2.46. The number of rotatable bonds is 3. The number of benzene rings is 1. The van der Waals surface area contributed by atoms with E-state index in [9.17, 15) is 0 Å². The molecule has 3 aromatic rings. The summed E-state index contributed by atoms with van der Waals surface area (Å²) < 4.78 is 2.25. The molecule has 1 saturated heterocycles. The van der Waals surface area contributed by atoms with Gasteiger partial charge < -0.3 is 14.4 Å². The highest BCUT2D eigenvalue weighted by molar-refractivity contribution is 5.91. The molecule has 0 amide bonds. The Kier molecular flexibility index (Phi) is 4.90. The highest BCUT2D eigenvalue weighted by atomic mass is 15.4. The third-order valence-electron chi connectivity index (χ3n) is 6.26. The zero-order valence-electron chi connectivity index (χ0n) is 17.8. The molecule has 0 spiro atoms. The number of likely N-dealkylation sites (N-methyl/N-ethyl adjacent to an activating group) is 1. The first-order valence-electron chi connectivity index (χ1n) is 10.6. The van der Waals surface area contributed by atoms with Crippen LogP contribution in [0.2, 0.25) is 0 Å². The molecule has 0 unspecified atom stereocenters. The average Bonchev–Trinajstić information content (AvgIpc) is 3.25. The van der Waals surface area contributed by atoms with Crippen LogP contribution in [-0.2, 0) is 0 Å². The molecule has 2 aliphatic heterocycles. The summed E-state index contributed by atoms with van der Waals surface area (Å²) in [5, 5.41) is 1.25. The summed E-state index contributed by atoms with van der Waals surface area (Å²) in [5.74, 6) is 1.37. The number of nitrogens with zero attached hydrogens (tertiary/aromatic N) is 6. The van der Waals surface area contributed by atoms with Crippen LogP contribution in [0.25, 0.3) is 22.3 Å². The second-order valence-electron chi connectivity index (χ2n) is 8.08. The highest BCUT2D eigenvalue weighted by Gasteiger charge is 2.28. The van der Waals surface area contributed by atoms with Gasteiger partial charge in [0.25, 0.3) is 0 Å². The Balaban J connectivity index is 1.33. The summed E-state index contributed by atoms with van der Waals surface area (Å²) in [5.41, 5.74) is 4.94. The van der Waals surface area contributed by atoms with Crippen LogP contribution in [0.15, 0.2) is 85.0 Å². The molecule has 1 fully saturated rings. The van der Waals surface area contributed by atoms with E-state index in [0.29, 0.717) is 5.92 Å². The molecule has 0 saturated carbocycles. The summed E-state index contributed by atoms with van der Waals surface area (Å²) >= 11 is 0. The number of fused-ring (bicyclic) bond motifs is 1. The largest absolute Gasteiger partial charge is 0.342 e. The van der Waals surface area contributed by atoms with Crippen LogP contribution in [-0.4, -0.2) is 50.4 Å². The first kappa shape index (κ1) is 19.3. The van der Waals surface area contributed by atoms with Crippen molar-refractivity contribution in [3.05, 3.63) is 85.7 Å². The van der Waals surface area contributed by atoms with Gasteiger partial charge in [0.1, 0.15) is 6.33 Å². The summed E-state index contributed by atoms with van der Waals surface area (Å²) in [6, 6.07) is 12.5. The Morgan fingerprint density at radius 2 is 1.90 bits per heavy atom. The predicted octanol–water partition coefficient (Wildman–Crippen LogP) is 4.47. The van der Waals surface area contributed by atoms with Gasteiger partial charge in [-0.25, -0.2) is 15.0 Å². The number of aliphatic imine (C=N–C) groups is 1. The molecule has 4 heterocycles. The lowest BCUT2D eigenvalue weighted by atomic mass is 9.94. The van der Waals surface area contributed by atoms with Gasteiger partial charge in [-0.3, -0.25) is 0 Å². The van der Waals surface area contributed by atoms with E-state index in [0.717, 1.165) is 49.0 Å². The predicted molar refractivity (Wildman–Crippen MR) is 126 cm³/mol. The number of piperidine rings is 1. The third kappa shape index (κ3) is 3.54. The fraction of sp³-hybridized carbons (Fsp3) is 0.240. The van der Waals surface area contributed by atoms with E-state index in [1.54, 1.807) is 12.5 Å². The number of guanidine groups is 1. The molecule has 2 aromatic heterocycles. The molecule has 0 aliphatic carbocycles. The van der Waals surface area contributed by atoms with E-state index in [2.05, 4.69) is 74.0 Å². The first-order chi connectivity index (χ1) is 15.1. The summed E-state index contributed by atoms with van der Waals surface area (Å²) in [4.78, 5) is 17.7. The molecule has 0 N–H and O–H groups in total. The number of aromatic nitrogens is 3. The van der Waals surface area contributed by atoms with Crippen LogP contribution in [0.1, 0.15) is 18.5 Å². The molecule has 0 bridgehead atoms. The Labute approximate surface area is 182 Å². The van der Waals surface area contributed by atoms with E-state index >= 15 is 0 Å². The van der Waals surface area contributed by atoms with Gasteiger partial charge >= 0.3 is 0 Å². The summed E-state index contributed by atoms with van der Waals surface area (Å²) in [6.45, 7) is 10.5. The minimum Gasteiger partial charge on any atom is -0.342 e. The fourth-order valence-corrected chi connectivity index (χ4v) is 4.40. The lowest BCUT2D eigenvalue weighted by Gasteiger charge is -2.39. The van der Waals surface area contributed by atoms with Crippen LogP contribution >= 0.6 is 0 Å². The van der Waals surface area contributed by atoms with Crippen LogP contribution < -0.4 is 0 Å². The van der Waals surface area contributed by atoms with Gasteiger partial charge in [0.2, 0.25) is 5.96 Å². The Hall–Kier alpha value is -3.67. The van der Waals surface area contributed by atoms with Gasteiger partial charge in [-0.05, 0) is 42.5 Å². The average molecular weight is 411 g/mol. The van der Waals surface area contributed by atoms with Gasteiger partial charge in [-0.2, -0.15) is 0 Å². The molecule has 156 valence electrons. The van der Waals surface area contributed by atoms with Crippen molar-refractivity contribution >= 4 is 28.3 Å². The second kappa shape index (κ2) is 7.87. The van der Waals surface area contributed by atoms with Crippen LogP contribution in [0.3, 0.4) is 0 Å². The number of para-hydroxylation sites is 1. The molecule has 0 radical (unpaired) electrons. The maximum Gasteiger partial charge on any atom is 0.206 e. The topological polar surface area (TPSA) is 49.6 Å². The van der Waals surface area contributed by atoms with E-state index in [4.69, 9.17) is 4.99 Å². The van der Waals surface area contributed by atoms with Crippen LogP contribution in [0.5, 0.6) is 0 Å². The molecule has 31 heavy (non-hydrogen) atoms. The summed E-state index contributed by atoms with van der Waals surface area (Å²) in [6.07, 6.45) is 9.48. The van der Waals surface area contributed by atoms with Gasteiger partial charge in [0.15, 0.2) is 0 Å². The molecule has 6 heteroatoms. The van der Waals surface area contributed by atoms with E-state index in [1.165, 1.54) is 16.6 Å². The SMILES string of the molecule is C=C1C=C(c2ccncn2)N=C(N2CCC(C(=C)n3ccc4ccccc43)CC2)N1C. The zero-order chi connectivity index (χ0) is 21.4. The molecule has 2 aliphatic rings. The van der Waals surface area contributed by atoms with Gasteiger partial charge in [0.05, 0.1) is 16.9 Å². The number of likely N-dealkylation sites (tertiary alicyclic amines) is 1. The minimum atomic E-state index is 0.446. The zero-order valence-corrected chi connectivity index (χ0v) is 17.8. The van der Waals surface area contributed by atoms with Gasteiger partial charge in [0, 0.05) is 49.8 Å². The fourth-order valence-electron chi connectivity index (χ4n) is 4.40. The molecular weight excluding hydrogens is 384 g/mol. The van der Waals surface area contributed by atoms with Crippen molar-refractivity contribution in [2.75, 3.05) is 20.1 Å². The first-order valence-corrected chi connectivity index (χ1v) is 10.6. The van der Waals surface area contributed by atoms with Crippen molar-refractivity contribution in [1.82, 2.24) is 24.3 Å². The van der Waals surface area contributed by atoms with Crippen molar-refractivity contribution in [3.8, 4) is 0 Å². The van der Waals surface area contributed by atoms with E-state index in [-0.39, 0.29) is 0 Å². The minimum absolute atomic E-state index is 0.446. The normalized spacial score (nSPS) is 17.6. The molecule has 5 rings (SSSR count). The van der Waals surface area contributed by atoms with Gasteiger partial charge in [-0.1, -0.05) is 31.4 Å². The summed E-state index contributed by atoms with van der Waals surface area (Å²) in [7, 11) is 2.02. The Morgan fingerprint density at radius 1 is 1.10 bits per heavy atom. The maximum atomic E-state index is 4.92. The smallest absolute Gasteiger partial charge is 0.206 e. The maximum absolute atomic E-state index is 4.92. The van der Waals surface area contributed by atoms with Crippen molar-refractivity contribution in [3.63, 3.8) is 0 Å². The van der Waals surface area contributed by atoms with Crippen molar-refractivity contribution in [2.45, 2.75) is 12.8 Å². The number of hydrogen-bond donors (Lipinski definition) is 0. The van der Waals surface area contributed by atoms with Crippen molar-refractivity contribution in [1.29, 1.82) is 0 Å². The molecule has 0 atom stereocenters. The third-order valence-corrected chi connectivity index (χ3v) is 6.26. The standard InChI is InChI=1S/C25H26N6/c1-18-16-23(22-8-12-26-17-27-22)28-25(29(18)3)30-13-9-20(10-14-30)19(2)31-15-11-21-6-4-5-7-24(21)31/h4-8,11-12,15-17,20H,1-2,9-10,13-14H2,3H3. The van der Waals surface area contributed by atoms with Gasteiger partial charge in [-0.15, -0.1) is 0 Å². The molecule has 1 aromatic carbocycles. The monoisotopic (exact) mass is 410 g/mol. The van der Waals surface area contributed by atoms with Crippen molar-refractivity contribution < 1.29 is 0 Å². The van der Waals surface area contributed by atoms with E-state index in [1.807, 2.05) is 19.2 Å². The number of allylic oxidation sites excluding steroid dienone is 2.